The molecule has 0 saturated carbocycles. The SMILES string of the molecule is COC(=O)[C@H](CO)NC(=O)[C@@H](CCCCNC(=O)OCc1ccccc1)NC(=O)OCc1ccccc1. The summed E-state index contributed by atoms with van der Waals surface area (Å²) in [5, 5.41) is 16.9. The van der Waals surface area contributed by atoms with Gasteiger partial charge in [-0.1, -0.05) is 60.7 Å². The van der Waals surface area contributed by atoms with Crippen LogP contribution >= 0.6 is 0 Å². The van der Waals surface area contributed by atoms with Gasteiger partial charge in [0, 0.05) is 6.54 Å². The first kappa shape index (κ1) is 29.1. The Morgan fingerprint density at radius 2 is 1.35 bits per heavy atom. The largest absolute Gasteiger partial charge is 0.467 e. The lowest BCUT2D eigenvalue weighted by molar-refractivity contribution is -0.146. The number of carbonyl (C=O) groups excluding carboxylic acids is 4. The molecule has 2 aromatic carbocycles. The molecule has 0 radical (unpaired) electrons. The molecule has 0 aliphatic carbocycles. The van der Waals surface area contributed by atoms with Crippen LogP contribution in [0.5, 0.6) is 0 Å². The van der Waals surface area contributed by atoms with Crippen LogP contribution < -0.4 is 16.0 Å². The monoisotopic (exact) mass is 515 g/mol. The number of nitrogens with one attached hydrogen (secondary N) is 3. The number of amides is 3. The zero-order chi connectivity index (χ0) is 26.9. The maximum atomic E-state index is 12.7. The van der Waals surface area contributed by atoms with E-state index in [-0.39, 0.29) is 19.6 Å². The van der Waals surface area contributed by atoms with Crippen molar-refractivity contribution in [2.24, 2.45) is 0 Å². The van der Waals surface area contributed by atoms with Crippen molar-refractivity contribution in [3.05, 3.63) is 71.8 Å². The van der Waals surface area contributed by atoms with Crippen molar-refractivity contribution >= 4 is 24.1 Å². The second-order valence-electron chi connectivity index (χ2n) is 8.01. The Bertz CT molecular complexity index is 988. The summed E-state index contributed by atoms with van der Waals surface area (Å²) in [4.78, 5) is 48.7. The summed E-state index contributed by atoms with van der Waals surface area (Å²) in [7, 11) is 1.13. The number of hydrogen-bond acceptors (Lipinski definition) is 8. The Kier molecular flexibility index (Phi) is 13.0. The van der Waals surface area contributed by atoms with Crippen molar-refractivity contribution in [3.8, 4) is 0 Å². The minimum atomic E-state index is -1.27. The molecule has 0 aromatic heterocycles. The van der Waals surface area contributed by atoms with Crippen molar-refractivity contribution in [2.75, 3.05) is 20.3 Å². The Morgan fingerprint density at radius 3 is 1.89 bits per heavy atom. The maximum Gasteiger partial charge on any atom is 0.408 e. The van der Waals surface area contributed by atoms with Crippen LogP contribution in [-0.2, 0) is 37.0 Å². The number of methoxy groups -OCH3 is 1. The first-order valence-electron chi connectivity index (χ1n) is 11.8. The molecule has 200 valence electrons. The first-order valence-corrected chi connectivity index (χ1v) is 11.8. The van der Waals surface area contributed by atoms with Crippen molar-refractivity contribution in [2.45, 2.75) is 44.6 Å². The van der Waals surface area contributed by atoms with Gasteiger partial charge in [-0.3, -0.25) is 4.79 Å². The summed E-state index contributed by atoms with van der Waals surface area (Å²) in [5.74, 6) is -1.50. The highest BCUT2D eigenvalue weighted by molar-refractivity contribution is 5.89. The lowest BCUT2D eigenvalue weighted by atomic mass is 10.1. The molecule has 11 nitrogen and oxygen atoms in total. The molecule has 37 heavy (non-hydrogen) atoms. The molecule has 0 spiro atoms. The average Bonchev–Trinajstić information content (AvgIpc) is 2.93. The third kappa shape index (κ3) is 11.4. The summed E-state index contributed by atoms with van der Waals surface area (Å²) < 4.78 is 14.9. The first-order chi connectivity index (χ1) is 17.9. The lowest BCUT2D eigenvalue weighted by Gasteiger charge is -2.21. The van der Waals surface area contributed by atoms with Gasteiger partial charge < -0.3 is 35.3 Å². The van der Waals surface area contributed by atoms with Crippen LogP contribution in [0.15, 0.2) is 60.7 Å². The standard InChI is InChI=1S/C26H33N3O8/c1-35-24(32)22(16-30)28-23(31)21(29-26(34)37-18-20-12-6-3-7-13-20)14-8-9-15-27-25(33)36-17-19-10-4-2-5-11-19/h2-7,10-13,21-22,30H,8-9,14-18H2,1H3,(H,27,33)(H,28,31)(H,29,34)/t21-,22+/m1/s1. The summed E-state index contributed by atoms with van der Waals surface area (Å²) in [6.45, 7) is -0.214. The van der Waals surface area contributed by atoms with Gasteiger partial charge in [-0.2, -0.15) is 0 Å². The number of aliphatic hydroxyl groups is 1. The van der Waals surface area contributed by atoms with Crippen LogP contribution in [0.25, 0.3) is 0 Å². The fourth-order valence-electron chi connectivity index (χ4n) is 3.21. The second kappa shape index (κ2) is 16.5. The molecular formula is C26H33N3O8. The van der Waals surface area contributed by atoms with Gasteiger partial charge in [-0.05, 0) is 30.4 Å². The molecule has 0 unspecified atom stereocenters. The molecule has 11 heteroatoms. The third-order valence-electron chi connectivity index (χ3n) is 5.21. The van der Waals surface area contributed by atoms with Gasteiger partial charge >= 0.3 is 18.2 Å². The van der Waals surface area contributed by atoms with Gasteiger partial charge in [0.2, 0.25) is 5.91 Å². The predicted octanol–water partition coefficient (Wildman–Crippen LogP) is 2.03. The van der Waals surface area contributed by atoms with E-state index in [1.807, 2.05) is 36.4 Å². The number of carbonyl (C=O) groups is 4. The van der Waals surface area contributed by atoms with E-state index in [0.717, 1.165) is 18.2 Å². The smallest absolute Gasteiger partial charge is 0.408 e. The van der Waals surface area contributed by atoms with E-state index in [2.05, 4.69) is 20.7 Å². The number of ether oxygens (including phenoxy) is 3. The number of rotatable bonds is 14. The van der Waals surface area contributed by atoms with Crippen molar-refractivity contribution in [3.63, 3.8) is 0 Å². The van der Waals surface area contributed by atoms with Gasteiger partial charge in [0.1, 0.15) is 19.3 Å². The lowest BCUT2D eigenvalue weighted by Crippen LogP contribution is -2.53. The highest BCUT2D eigenvalue weighted by Gasteiger charge is 2.27. The van der Waals surface area contributed by atoms with Gasteiger partial charge in [0.15, 0.2) is 6.04 Å². The number of unbranched alkanes of at least 4 members (excludes halogenated alkanes) is 1. The minimum Gasteiger partial charge on any atom is -0.467 e. The van der Waals surface area contributed by atoms with E-state index in [1.165, 1.54) is 0 Å². The molecule has 0 aliphatic heterocycles. The Balaban J connectivity index is 1.82. The number of aliphatic hydroxyl groups excluding tert-OH is 1. The van der Waals surface area contributed by atoms with E-state index in [0.29, 0.717) is 19.4 Å². The molecule has 0 fully saturated rings. The van der Waals surface area contributed by atoms with Crippen molar-refractivity contribution in [1.82, 2.24) is 16.0 Å². The molecule has 2 rings (SSSR count). The molecule has 0 heterocycles. The van der Waals surface area contributed by atoms with Gasteiger partial charge in [-0.25, -0.2) is 14.4 Å². The van der Waals surface area contributed by atoms with Crippen LogP contribution in [0.4, 0.5) is 9.59 Å². The van der Waals surface area contributed by atoms with Crippen LogP contribution in [0.1, 0.15) is 30.4 Å². The molecule has 4 N–H and O–H groups in total. The topological polar surface area (TPSA) is 152 Å². The van der Waals surface area contributed by atoms with Crippen LogP contribution in [0.2, 0.25) is 0 Å². The summed E-state index contributed by atoms with van der Waals surface area (Å²) in [5.41, 5.74) is 1.64. The zero-order valence-corrected chi connectivity index (χ0v) is 20.7. The zero-order valence-electron chi connectivity index (χ0n) is 20.7. The Labute approximate surface area is 215 Å². The summed E-state index contributed by atoms with van der Waals surface area (Å²) >= 11 is 0. The number of esters is 1. The average molecular weight is 516 g/mol. The highest BCUT2D eigenvalue weighted by atomic mass is 16.6. The van der Waals surface area contributed by atoms with Crippen molar-refractivity contribution < 1.29 is 38.5 Å². The summed E-state index contributed by atoms with van der Waals surface area (Å²) in [6, 6.07) is 16.0. The van der Waals surface area contributed by atoms with Crippen LogP contribution in [0, 0.1) is 0 Å². The Morgan fingerprint density at radius 1 is 0.784 bits per heavy atom. The normalized spacial score (nSPS) is 11.9. The fourth-order valence-corrected chi connectivity index (χ4v) is 3.21. The second-order valence-corrected chi connectivity index (χ2v) is 8.01. The molecule has 0 bridgehead atoms. The van der Waals surface area contributed by atoms with Crippen LogP contribution in [-0.4, -0.2) is 61.5 Å². The van der Waals surface area contributed by atoms with E-state index in [9.17, 15) is 24.3 Å². The maximum absolute atomic E-state index is 12.7. The number of alkyl carbamates (subject to hydrolysis) is 2. The minimum absolute atomic E-state index is 0.0114. The molecule has 0 saturated heterocycles. The number of benzene rings is 2. The number of hydrogen-bond donors (Lipinski definition) is 4. The fraction of sp³-hybridized carbons (Fsp3) is 0.385. The highest BCUT2D eigenvalue weighted by Crippen LogP contribution is 2.06. The van der Waals surface area contributed by atoms with E-state index in [1.54, 1.807) is 24.3 Å². The molecule has 2 aromatic rings. The van der Waals surface area contributed by atoms with E-state index >= 15 is 0 Å². The van der Waals surface area contributed by atoms with E-state index in [4.69, 9.17) is 9.47 Å². The molecular weight excluding hydrogens is 482 g/mol. The van der Waals surface area contributed by atoms with Crippen LogP contribution in [0.3, 0.4) is 0 Å². The Hall–Kier alpha value is -4.12. The molecule has 2 atom stereocenters. The van der Waals surface area contributed by atoms with Gasteiger partial charge in [-0.15, -0.1) is 0 Å². The predicted molar refractivity (Wildman–Crippen MR) is 133 cm³/mol. The van der Waals surface area contributed by atoms with Gasteiger partial charge in [0.25, 0.3) is 0 Å². The van der Waals surface area contributed by atoms with Gasteiger partial charge in [0.05, 0.1) is 13.7 Å². The molecule has 3 amide bonds. The molecule has 0 aliphatic rings. The quantitative estimate of drug-likeness (QED) is 0.169. The third-order valence-corrected chi connectivity index (χ3v) is 5.21. The van der Waals surface area contributed by atoms with E-state index < -0.39 is 42.8 Å². The van der Waals surface area contributed by atoms with Crippen molar-refractivity contribution in [1.29, 1.82) is 0 Å². The summed E-state index contributed by atoms with van der Waals surface area (Å²) in [6.07, 6.45) is -0.259.